The van der Waals surface area contributed by atoms with Crippen LogP contribution >= 0.6 is 0 Å². The smallest absolute Gasteiger partial charge is 0.315 e. The molecular weight excluding hydrogens is 266 g/mol. The first-order valence-electron chi connectivity index (χ1n) is 7.26. The molecule has 1 aliphatic heterocycles. The number of nitrogens with zero attached hydrogens (tertiary/aromatic N) is 1. The molecule has 3 amide bonds. The number of carbonyl (C=O) groups is 2. The molecule has 5 nitrogen and oxygen atoms in total. The lowest BCUT2D eigenvalue weighted by atomic mass is 9.93. The van der Waals surface area contributed by atoms with Crippen LogP contribution in [-0.2, 0) is 10.3 Å². The van der Waals surface area contributed by atoms with Crippen LogP contribution in [0.5, 0.6) is 0 Å². The Kier molecular flexibility index (Phi) is 4.21. The van der Waals surface area contributed by atoms with Gasteiger partial charge in [0, 0.05) is 6.54 Å². The maximum absolute atomic E-state index is 12.5. The first-order chi connectivity index (χ1) is 9.81. The molecule has 0 aliphatic carbocycles. The maximum atomic E-state index is 12.5. The van der Waals surface area contributed by atoms with E-state index in [0.717, 1.165) is 12.0 Å². The Morgan fingerprint density at radius 3 is 2.48 bits per heavy atom. The Morgan fingerprint density at radius 1 is 1.29 bits per heavy atom. The van der Waals surface area contributed by atoms with Gasteiger partial charge in [0.05, 0.1) is 5.54 Å². The van der Waals surface area contributed by atoms with Crippen molar-refractivity contribution in [2.45, 2.75) is 45.2 Å². The predicted octanol–water partition coefficient (Wildman–Crippen LogP) is 1.89. The van der Waals surface area contributed by atoms with Crippen LogP contribution in [0.15, 0.2) is 24.3 Å². The molecule has 1 saturated heterocycles. The second-order valence-electron chi connectivity index (χ2n) is 6.17. The van der Waals surface area contributed by atoms with Crippen molar-refractivity contribution in [2.75, 3.05) is 6.54 Å². The Hall–Kier alpha value is -2.04. The summed E-state index contributed by atoms with van der Waals surface area (Å²) in [5.74, 6) is -0.142. The lowest BCUT2D eigenvalue weighted by Gasteiger charge is -2.30. The summed E-state index contributed by atoms with van der Waals surface area (Å²) in [6.45, 7) is 6.50. The predicted molar refractivity (Wildman–Crippen MR) is 81.7 cm³/mol. The summed E-state index contributed by atoms with van der Waals surface area (Å²) >= 11 is 0. The Balaban J connectivity index is 2.10. The fourth-order valence-corrected chi connectivity index (χ4v) is 2.74. The van der Waals surface area contributed by atoms with Crippen LogP contribution in [-0.4, -0.2) is 29.4 Å². The largest absolute Gasteiger partial charge is 0.351 e. The number of hydrogen-bond donors (Lipinski definition) is 2. The average molecular weight is 289 g/mol. The van der Waals surface area contributed by atoms with Gasteiger partial charge < -0.3 is 16.0 Å². The number of aryl methyl sites for hydroxylation is 1. The zero-order valence-corrected chi connectivity index (χ0v) is 12.8. The first kappa shape index (κ1) is 15.4. The highest BCUT2D eigenvalue weighted by Crippen LogP contribution is 2.23. The van der Waals surface area contributed by atoms with E-state index >= 15 is 0 Å². The number of benzene rings is 1. The number of primary amides is 1. The normalized spacial score (nSPS) is 18.6. The lowest BCUT2D eigenvalue weighted by molar-refractivity contribution is -0.126. The van der Waals surface area contributed by atoms with Gasteiger partial charge in [-0.25, -0.2) is 4.79 Å². The van der Waals surface area contributed by atoms with Gasteiger partial charge in [-0.15, -0.1) is 0 Å². The fraction of sp³-hybridized carbons (Fsp3) is 0.500. The molecule has 1 fully saturated rings. The number of urea groups is 1. The fourth-order valence-electron chi connectivity index (χ4n) is 2.74. The van der Waals surface area contributed by atoms with Gasteiger partial charge in [-0.2, -0.15) is 0 Å². The van der Waals surface area contributed by atoms with Crippen LogP contribution in [0, 0.1) is 6.92 Å². The lowest BCUT2D eigenvalue weighted by Crippen LogP contribution is -2.52. The average Bonchev–Trinajstić information content (AvgIpc) is 2.88. The molecular formula is C16H23N3O2. The van der Waals surface area contributed by atoms with Gasteiger partial charge in [-0.05, 0) is 39.2 Å². The van der Waals surface area contributed by atoms with Crippen molar-refractivity contribution in [1.82, 2.24) is 10.2 Å². The highest BCUT2D eigenvalue weighted by atomic mass is 16.2. The number of nitrogens with one attached hydrogen (secondary N) is 1. The molecule has 21 heavy (non-hydrogen) atoms. The van der Waals surface area contributed by atoms with Gasteiger partial charge in [0.2, 0.25) is 5.91 Å². The van der Waals surface area contributed by atoms with Crippen LogP contribution in [0.1, 0.15) is 37.8 Å². The highest BCUT2D eigenvalue weighted by Gasteiger charge is 2.35. The second kappa shape index (κ2) is 5.76. The topological polar surface area (TPSA) is 75.4 Å². The number of hydrogen-bond acceptors (Lipinski definition) is 2. The minimum Gasteiger partial charge on any atom is -0.351 e. The molecule has 0 unspecified atom stereocenters. The van der Waals surface area contributed by atoms with Crippen molar-refractivity contribution in [1.29, 1.82) is 0 Å². The molecule has 0 radical (unpaired) electrons. The van der Waals surface area contributed by atoms with Gasteiger partial charge in [0.15, 0.2) is 0 Å². The minimum atomic E-state index is -0.527. The van der Waals surface area contributed by atoms with Crippen molar-refractivity contribution in [3.63, 3.8) is 0 Å². The summed E-state index contributed by atoms with van der Waals surface area (Å²) in [7, 11) is 0. The number of likely N-dealkylation sites (tertiary alicyclic amines) is 1. The van der Waals surface area contributed by atoms with Gasteiger partial charge in [0.25, 0.3) is 0 Å². The van der Waals surface area contributed by atoms with E-state index < -0.39 is 17.6 Å². The SMILES string of the molecule is Cc1ccc(C(C)(C)NC(=O)[C@@H]2CCCN2C(N)=O)cc1. The molecule has 1 aliphatic rings. The van der Waals surface area contributed by atoms with Crippen LogP contribution in [0.3, 0.4) is 0 Å². The van der Waals surface area contributed by atoms with E-state index in [1.165, 1.54) is 10.5 Å². The third kappa shape index (κ3) is 3.35. The van der Waals surface area contributed by atoms with Crippen LogP contribution in [0.25, 0.3) is 0 Å². The van der Waals surface area contributed by atoms with Gasteiger partial charge in [-0.1, -0.05) is 29.8 Å². The maximum Gasteiger partial charge on any atom is 0.315 e. The summed E-state index contributed by atoms with van der Waals surface area (Å²) in [6, 6.07) is 7.09. The van der Waals surface area contributed by atoms with Crippen LogP contribution in [0.4, 0.5) is 4.79 Å². The van der Waals surface area contributed by atoms with Gasteiger partial charge >= 0.3 is 6.03 Å². The van der Waals surface area contributed by atoms with Crippen molar-refractivity contribution in [3.05, 3.63) is 35.4 Å². The molecule has 5 heteroatoms. The Labute approximate surface area is 125 Å². The van der Waals surface area contributed by atoms with E-state index in [1.807, 2.05) is 45.0 Å². The van der Waals surface area contributed by atoms with E-state index in [0.29, 0.717) is 13.0 Å². The van der Waals surface area contributed by atoms with E-state index in [-0.39, 0.29) is 5.91 Å². The van der Waals surface area contributed by atoms with Crippen molar-refractivity contribution >= 4 is 11.9 Å². The van der Waals surface area contributed by atoms with Crippen molar-refractivity contribution in [2.24, 2.45) is 5.73 Å². The zero-order chi connectivity index (χ0) is 15.6. The Bertz CT molecular complexity index is 537. The molecule has 114 valence electrons. The molecule has 0 bridgehead atoms. The zero-order valence-electron chi connectivity index (χ0n) is 12.8. The van der Waals surface area contributed by atoms with E-state index in [2.05, 4.69) is 5.32 Å². The third-order valence-corrected chi connectivity index (χ3v) is 4.05. The summed E-state index contributed by atoms with van der Waals surface area (Å²) < 4.78 is 0. The molecule has 1 atom stereocenters. The molecule has 1 heterocycles. The first-order valence-corrected chi connectivity index (χ1v) is 7.26. The molecule has 3 N–H and O–H groups in total. The molecule has 2 rings (SSSR count). The molecule has 1 aromatic carbocycles. The third-order valence-electron chi connectivity index (χ3n) is 4.05. The van der Waals surface area contributed by atoms with Crippen molar-refractivity contribution < 1.29 is 9.59 Å². The summed E-state index contributed by atoms with van der Waals surface area (Å²) in [6.07, 6.45) is 1.48. The molecule has 1 aromatic rings. The number of rotatable bonds is 3. The highest BCUT2D eigenvalue weighted by molar-refractivity contribution is 5.87. The minimum absolute atomic E-state index is 0.142. The van der Waals surface area contributed by atoms with Crippen LogP contribution in [0.2, 0.25) is 0 Å². The number of carbonyl (C=O) groups excluding carboxylic acids is 2. The van der Waals surface area contributed by atoms with E-state index in [1.54, 1.807) is 0 Å². The van der Waals surface area contributed by atoms with Gasteiger partial charge in [-0.3, -0.25) is 4.79 Å². The van der Waals surface area contributed by atoms with Crippen LogP contribution < -0.4 is 11.1 Å². The number of amides is 3. The summed E-state index contributed by atoms with van der Waals surface area (Å²) in [5.41, 5.74) is 7.04. The molecule has 0 aromatic heterocycles. The number of nitrogens with two attached hydrogens (primary N) is 1. The Morgan fingerprint density at radius 2 is 1.90 bits per heavy atom. The van der Waals surface area contributed by atoms with E-state index in [4.69, 9.17) is 5.73 Å². The molecule has 0 spiro atoms. The van der Waals surface area contributed by atoms with Gasteiger partial charge in [0.1, 0.15) is 6.04 Å². The molecule has 0 saturated carbocycles. The van der Waals surface area contributed by atoms with Crippen molar-refractivity contribution in [3.8, 4) is 0 Å². The standard InChI is InChI=1S/C16H23N3O2/c1-11-6-8-12(9-7-11)16(2,3)18-14(20)13-5-4-10-19(13)15(17)21/h6-9,13H,4-5,10H2,1-3H3,(H2,17,21)(H,18,20)/t13-/m0/s1. The summed E-state index contributed by atoms with van der Waals surface area (Å²) in [5, 5.41) is 3.03. The quantitative estimate of drug-likeness (QED) is 0.891. The summed E-state index contributed by atoms with van der Waals surface area (Å²) in [4.78, 5) is 25.3. The monoisotopic (exact) mass is 289 g/mol. The van der Waals surface area contributed by atoms with E-state index in [9.17, 15) is 9.59 Å². The second-order valence-corrected chi connectivity index (χ2v) is 6.17.